The Hall–Kier alpha value is -2.18. The molecule has 0 bridgehead atoms. The van der Waals surface area contributed by atoms with Gasteiger partial charge in [-0.2, -0.15) is 0 Å². The second kappa shape index (κ2) is 6.61. The van der Waals surface area contributed by atoms with Crippen LogP contribution in [-0.2, 0) is 0 Å². The molecule has 0 radical (unpaired) electrons. The summed E-state index contributed by atoms with van der Waals surface area (Å²) < 4.78 is 1.72. The van der Waals surface area contributed by atoms with Crippen LogP contribution in [0.4, 0.5) is 5.82 Å². The average Bonchev–Trinajstić information content (AvgIpc) is 3.07. The molecular formula is C19H22N4OS. The molecule has 25 heavy (non-hydrogen) atoms. The van der Waals surface area contributed by atoms with Crippen LogP contribution < -0.4 is 10.5 Å². The maximum atomic E-state index is 12.8. The highest BCUT2D eigenvalue weighted by Crippen LogP contribution is 2.25. The van der Waals surface area contributed by atoms with Gasteiger partial charge in [-0.25, -0.2) is 4.98 Å². The Morgan fingerprint density at radius 3 is 2.52 bits per heavy atom. The molecular weight excluding hydrogens is 332 g/mol. The van der Waals surface area contributed by atoms with Crippen LogP contribution >= 0.6 is 11.3 Å². The van der Waals surface area contributed by atoms with Crippen molar-refractivity contribution < 1.29 is 0 Å². The fourth-order valence-electron chi connectivity index (χ4n) is 3.29. The Labute approximate surface area is 151 Å². The standard InChI is InChI=1S/C19H22N4OS/c1-3-21-8-10-22(11-9-21)17-12-18(24)23-16(13-25-19(23)20-17)15-6-4-14(2)5-7-15/h4-7,12-13H,3,8-11H2,1-2H3. The van der Waals surface area contributed by atoms with Gasteiger partial charge in [0.2, 0.25) is 0 Å². The SMILES string of the molecule is CCN1CCN(c2cc(=O)n3c(-c4ccc(C)cc4)csc3n2)CC1. The van der Waals surface area contributed by atoms with Crippen molar-refractivity contribution >= 4 is 22.1 Å². The van der Waals surface area contributed by atoms with Crippen molar-refractivity contribution in [1.29, 1.82) is 0 Å². The van der Waals surface area contributed by atoms with Gasteiger partial charge >= 0.3 is 0 Å². The predicted molar refractivity (Wildman–Crippen MR) is 104 cm³/mol. The second-order valence-corrected chi connectivity index (χ2v) is 7.32. The Bertz CT molecular complexity index is 936. The van der Waals surface area contributed by atoms with E-state index in [4.69, 9.17) is 4.98 Å². The van der Waals surface area contributed by atoms with E-state index in [-0.39, 0.29) is 5.56 Å². The molecule has 5 nitrogen and oxygen atoms in total. The molecule has 130 valence electrons. The van der Waals surface area contributed by atoms with E-state index < -0.39 is 0 Å². The summed E-state index contributed by atoms with van der Waals surface area (Å²) in [7, 11) is 0. The number of nitrogens with zero attached hydrogens (tertiary/aromatic N) is 4. The molecule has 0 unspecified atom stereocenters. The van der Waals surface area contributed by atoms with E-state index in [9.17, 15) is 4.79 Å². The van der Waals surface area contributed by atoms with Crippen molar-refractivity contribution in [3.05, 3.63) is 51.6 Å². The highest BCUT2D eigenvalue weighted by molar-refractivity contribution is 7.15. The van der Waals surface area contributed by atoms with Crippen molar-refractivity contribution in [2.24, 2.45) is 0 Å². The van der Waals surface area contributed by atoms with Crippen LogP contribution in [0, 0.1) is 6.92 Å². The van der Waals surface area contributed by atoms with Crippen LogP contribution in [0.25, 0.3) is 16.2 Å². The van der Waals surface area contributed by atoms with Gasteiger partial charge < -0.3 is 9.80 Å². The first kappa shape index (κ1) is 16.3. The van der Waals surface area contributed by atoms with Crippen LogP contribution in [0.2, 0.25) is 0 Å². The zero-order valence-corrected chi connectivity index (χ0v) is 15.4. The van der Waals surface area contributed by atoms with Crippen molar-refractivity contribution in [3.63, 3.8) is 0 Å². The molecule has 0 aliphatic carbocycles. The topological polar surface area (TPSA) is 40.9 Å². The molecule has 1 aliphatic rings. The summed E-state index contributed by atoms with van der Waals surface area (Å²) in [6.07, 6.45) is 0. The molecule has 1 fully saturated rings. The highest BCUT2D eigenvalue weighted by Gasteiger charge is 2.19. The first-order valence-electron chi connectivity index (χ1n) is 8.71. The van der Waals surface area contributed by atoms with Crippen LogP contribution in [-0.4, -0.2) is 47.0 Å². The first-order valence-corrected chi connectivity index (χ1v) is 9.59. The van der Waals surface area contributed by atoms with Gasteiger partial charge in [0.25, 0.3) is 5.56 Å². The lowest BCUT2D eigenvalue weighted by Gasteiger charge is -2.34. The Morgan fingerprint density at radius 1 is 1.12 bits per heavy atom. The van der Waals surface area contributed by atoms with Gasteiger partial charge in [0.15, 0.2) is 4.96 Å². The lowest BCUT2D eigenvalue weighted by atomic mass is 10.1. The monoisotopic (exact) mass is 354 g/mol. The highest BCUT2D eigenvalue weighted by atomic mass is 32.1. The Balaban J connectivity index is 1.70. The van der Waals surface area contributed by atoms with Gasteiger partial charge in [-0.15, -0.1) is 11.3 Å². The summed E-state index contributed by atoms with van der Waals surface area (Å²) in [6.45, 7) is 9.22. The van der Waals surface area contributed by atoms with E-state index in [1.807, 2.05) is 5.38 Å². The normalized spacial score (nSPS) is 15.8. The number of thiazole rings is 1. The minimum atomic E-state index is -0.00486. The van der Waals surface area contributed by atoms with Crippen LogP contribution in [0.5, 0.6) is 0 Å². The number of hydrogen-bond donors (Lipinski definition) is 0. The van der Waals surface area contributed by atoms with Crippen molar-refractivity contribution in [2.45, 2.75) is 13.8 Å². The Morgan fingerprint density at radius 2 is 1.84 bits per heavy atom. The van der Waals surface area contributed by atoms with E-state index in [0.717, 1.165) is 54.8 Å². The van der Waals surface area contributed by atoms with Gasteiger partial charge in [-0.3, -0.25) is 9.20 Å². The average molecular weight is 354 g/mol. The van der Waals surface area contributed by atoms with E-state index >= 15 is 0 Å². The van der Waals surface area contributed by atoms with Gasteiger partial charge in [0.05, 0.1) is 5.69 Å². The minimum Gasteiger partial charge on any atom is -0.354 e. The third-order valence-electron chi connectivity index (χ3n) is 4.88. The quantitative estimate of drug-likeness (QED) is 0.725. The lowest BCUT2D eigenvalue weighted by Crippen LogP contribution is -2.46. The number of anilines is 1. The van der Waals surface area contributed by atoms with Crippen molar-refractivity contribution in [1.82, 2.24) is 14.3 Å². The molecule has 1 saturated heterocycles. The summed E-state index contributed by atoms with van der Waals surface area (Å²) in [5.41, 5.74) is 3.17. The van der Waals surface area contributed by atoms with Gasteiger partial charge in [-0.1, -0.05) is 36.8 Å². The fourth-order valence-corrected chi connectivity index (χ4v) is 4.19. The van der Waals surface area contributed by atoms with Gasteiger partial charge in [0.1, 0.15) is 5.82 Å². The molecule has 1 aromatic carbocycles. The van der Waals surface area contributed by atoms with Gasteiger partial charge in [-0.05, 0) is 19.0 Å². The fraction of sp³-hybridized carbons (Fsp3) is 0.368. The molecule has 0 atom stereocenters. The molecule has 4 rings (SSSR count). The number of fused-ring (bicyclic) bond motifs is 1. The zero-order valence-electron chi connectivity index (χ0n) is 14.6. The van der Waals surface area contributed by atoms with Crippen molar-refractivity contribution in [2.75, 3.05) is 37.6 Å². The number of aromatic nitrogens is 2. The van der Waals surface area contributed by atoms with Crippen molar-refractivity contribution in [3.8, 4) is 11.3 Å². The summed E-state index contributed by atoms with van der Waals surface area (Å²) in [5.74, 6) is 0.804. The van der Waals surface area contributed by atoms with Crippen LogP contribution in [0.3, 0.4) is 0 Å². The smallest absolute Gasteiger partial charge is 0.261 e. The zero-order chi connectivity index (χ0) is 17.4. The second-order valence-electron chi connectivity index (χ2n) is 6.48. The largest absolute Gasteiger partial charge is 0.354 e. The molecule has 1 aliphatic heterocycles. The third-order valence-corrected chi connectivity index (χ3v) is 5.71. The first-order chi connectivity index (χ1) is 12.2. The number of rotatable bonds is 3. The maximum absolute atomic E-state index is 12.8. The molecule has 0 N–H and O–H groups in total. The summed E-state index contributed by atoms with van der Waals surface area (Å²) in [5, 5.41) is 2.02. The molecule has 3 heterocycles. The lowest BCUT2D eigenvalue weighted by molar-refractivity contribution is 0.270. The summed E-state index contributed by atoms with van der Waals surface area (Å²) in [6, 6.07) is 9.93. The van der Waals surface area contributed by atoms with E-state index in [2.05, 4.69) is 47.9 Å². The molecule has 2 aromatic heterocycles. The number of piperazine rings is 1. The third kappa shape index (κ3) is 3.07. The molecule has 0 amide bonds. The summed E-state index contributed by atoms with van der Waals surface area (Å²) in [4.78, 5) is 22.9. The van der Waals surface area contributed by atoms with E-state index in [0.29, 0.717) is 0 Å². The number of aryl methyl sites for hydroxylation is 1. The van der Waals surface area contributed by atoms with Crippen LogP contribution in [0.1, 0.15) is 12.5 Å². The van der Waals surface area contributed by atoms with Crippen LogP contribution in [0.15, 0.2) is 40.5 Å². The maximum Gasteiger partial charge on any atom is 0.261 e. The predicted octanol–water partition coefficient (Wildman–Crippen LogP) is 2.87. The Kier molecular flexibility index (Phi) is 4.31. The minimum absolute atomic E-state index is 0.00486. The van der Waals surface area contributed by atoms with E-state index in [1.54, 1.807) is 10.5 Å². The number of benzene rings is 1. The molecule has 0 saturated carbocycles. The van der Waals surface area contributed by atoms with Gasteiger partial charge in [0, 0.05) is 37.6 Å². The summed E-state index contributed by atoms with van der Waals surface area (Å²) >= 11 is 1.53. The molecule has 6 heteroatoms. The molecule has 3 aromatic rings. The molecule has 0 spiro atoms. The number of likely N-dealkylation sites (N-methyl/N-ethyl adjacent to an activating group) is 1. The number of hydrogen-bond acceptors (Lipinski definition) is 5. The van der Waals surface area contributed by atoms with E-state index in [1.165, 1.54) is 16.9 Å².